The van der Waals surface area contributed by atoms with E-state index < -0.39 is 0 Å². The molecule has 3 nitrogen and oxygen atoms in total. The number of fused-ring (bicyclic) bond motifs is 1. The first-order valence-corrected chi connectivity index (χ1v) is 3.77. The number of pyridine rings is 1. The average Bonchev–Trinajstić information content (AvgIpc) is 2.46. The Morgan fingerprint density at radius 2 is 2.33 bits per heavy atom. The van der Waals surface area contributed by atoms with Crippen molar-refractivity contribution in [2.24, 2.45) is 0 Å². The predicted octanol–water partition coefficient (Wildman–Crippen LogP) is 1.80. The molecule has 0 aromatic carbocycles. The van der Waals surface area contributed by atoms with E-state index in [1.165, 1.54) is 6.20 Å². The molecule has 0 amide bonds. The zero-order valence-corrected chi connectivity index (χ0v) is 6.82. The Hall–Kier alpha value is -1.35. The molecule has 0 fully saturated rings. The highest BCUT2D eigenvalue weighted by molar-refractivity contribution is 6.30. The van der Waals surface area contributed by atoms with Crippen LogP contribution >= 0.6 is 11.6 Å². The van der Waals surface area contributed by atoms with Gasteiger partial charge in [0.05, 0.1) is 22.3 Å². The molecule has 0 aliphatic carbocycles. The normalized spacial score (nSPS) is 10.4. The Morgan fingerprint density at radius 1 is 1.50 bits per heavy atom. The van der Waals surface area contributed by atoms with Gasteiger partial charge in [0.25, 0.3) is 0 Å². The summed E-state index contributed by atoms with van der Waals surface area (Å²) in [5.41, 5.74) is 1.35. The lowest BCUT2D eigenvalue weighted by atomic mass is 10.3. The molecule has 2 aromatic heterocycles. The maximum atomic E-state index is 10.5. The summed E-state index contributed by atoms with van der Waals surface area (Å²) >= 11 is 5.72. The highest BCUT2D eigenvalue weighted by Crippen LogP contribution is 2.12. The van der Waals surface area contributed by atoms with Crippen molar-refractivity contribution in [2.45, 2.75) is 0 Å². The van der Waals surface area contributed by atoms with Crippen molar-refractivity contribution in [3.8, 4) is 0 Å². The Labute approximate surface area is 73.6 Å². The van der Waals surface area contributed by atoms with Crippen molar-refractivity contribution in [2.75, 3.05) is 0 Å². The molecule has 0 aliphatic rings. The smallest absolute Gasteiger partial charge is 0.153 e. The van der Waals surface area contributed by atoms with Crippen LogP contribution < -0.4 is 0 Å². The fourth-order valence-electron chi connectivity index (χ4n) is 1.07. The van der Waals surface area contributed by atoms with Crippen LogP contribution in [0.5, 0.6) is 0 Å². The molecule has 4 heteroatoms. The standard InChI is InChI=1S/C8H5ClN2O/c9-7-1-2-8-6(5-12)3-10-11(8)4-7/h1-5H. The van der Waals surface area contributed by atoms with Crippen molar-refractivity contribution >= 4 is 23.4 Å². The second kappa shape index (κ2) is 2.60. The minimum Gasteiger partial charge on any atom is -0.298 e. The van der Waals surface area contributed by atoms with Gasteiger partial charge in [0, 0.05) is 6.20 Å². The minimum atomic E-state index is 0.576. The molecule has 2 rings (SSSR count). The number of hydrogen-bond acceptors (Lipinski definition) is 2. The zero-order chi connectivity index (χ0) is 8.55. The largest absolute Gasteiger partial charge is 0.298 e. The molecule has 0 N–H and O–H groups in total. The number of aldehydes is 1. The van der Waals surface area contributed by atoms with Crippen LogP contribution in [0.4, 0.5) is 0 Å². The zero-order valence-electron chi connectivity index (χ0n) is 6.07. The van der Waals surface area contributed by atoms with Crippen molar-refractivity contribution < 1.29 is 4.79 Å². The van der Waals surface area contributed by atoms with Gasteiger partial charge in [-0.2, -0.15) is 5.10 Å². The highest BCUT2D eigenvalue weighted by atomic mass is 35.5. The van der Waals surface area contributed by atoms with Crippen LogP contribution in [0.2, 0.25) is 5.02 Å². The number of halogens is 1. The van der Waals surface area contributed by atoms with E-state index >= 15 is 0 Å². The van der Waals surface area contributed by atoms with Gasteiger partial charge >= 0.3 is 0 Å². The fraction of sp³-hybridized carbons (Fsp3) is 0. The van der Waals surface area contributed by atoms with Crippen molar-refractivity contribution in [3.05, 3.63) is 35.1 Å². The van der Waals surface area contributed by atoms with Crippen molar-refractivity contribution in [1.82, 2.24) is 9.61 Å². The first-order chi connectivity index (χ1) is 5.81. The molecule has 0 aliphatic heterocycles. The van der Waals surface area contributed by atoms with Gasteiger partial charge in [-0.15, -0.1) is 0 Å². The van der Waals surface area contributed by atoms with Crippen LogP contribution in [0.3, 0.4) is 0 Å². The van der Waals surface area contributed by atoms with Gasteiger partial charge in [0.15, 0.2) is 6.29 Å². The maximum absolute atomic E-state index is 10.5. The molecule has 0 radical (unpaired) electrons. The molecule has 0 atom stereocenters. The summed E-state index contributed by atoms with van der Waals surface area (Å²) in [4.78, 5) is 10.5. The fourth-order valence-corrected chi connectivity index (χ4v) is 1.23. The molecule has 60 valence electrons. The SMILES string of the molecule is O=Cc1cnn2cc(Cl)ccc12. The van der Waals surface area contributed by atoms with Gasteiger partial charge in [-0.3, -0.25) is 4.79 Å². The summed E-state index contributed by atoms with van der Waals surface area (Å²) in [7, 11) is 0. The third kappa shape index (κ3) is 0.987. The Kier molecular flexibility index (Phi) is 1.59. The Morgan fingerprint density at radius 3 is 3.08 bits per heavy atom. The number of carbonyl (C=O) groups excluding carboxylic acids is 1. The van der Waals surface area contributed by atoms with E-state index in [4.69, 9.17) is 11.6 Å². The predicted molar refractivity (Wildman–Crippen MR) is 45.6 cm³/mol. The van der Waals surface area contributed by atoms with E-state index in [2.05, 4.69) is 5.10 Å². The van der Waals surface area contributed by atoms with Gasteiger partial charge in [0.2, 0.25) is 0 Å². The van der Waals surface area contributed by atoms with Crippen LogP contribution in [-0.2, 0) is 0 Å². The summed E-state index contributed by atoms with van der Waals surface area (Å²) < 4.78 is 1.58. The molecule has 2 heterocycles. The van der Waals surface area contributed by atoms with Crippen LogP contribution in [0.1, 0.15) is 10.4 Å². The lowest BCUT2D eigenvalue weighted by Gasteiger charge is -1.92. The summed E-state index contributed by atoms with van der Waals surface area (Å²) in [5, 5.41) is 4.55. The van der Waals surface area contributed by atoms with E-state index in [-0.39, 0.29) is 0 Å². The molecule has 0 saturated carbocycles. The van der Waals surface area contributed by atoms with E-state index in [0.29, 0.717) is 10.6 Å². The number of hydrogen-bond donors (Lipinski definition) is 0. The summed E-state index contributed by atoms with van der Waals surface area (Å²) in [5.74, 6) is 0. The molecule has 0 bridgehead atoms. The summed E-state index contributed by atoms with van der Waals surface area (Å²) in [6.07, 6.45) is 3.94. The molecule has 12 heavy (non-hydrogen) atoms. The molecular weight excluding hydrogens is 176 g/mol. The first-order valence-electron chi connectivity index (χ1n) is 3.39. The van der Waals surface area contributed by atoms with Gasteiger partial charge in [-0.05, 0) is 12.1 Å². The highest BCUT2D eigenvalue weighted by Gasteiger charge is 2.01. The lowest BCUT2D eigenvalue weighted by molar-refractivity contribution is 0.112. The van der Waals surface area contributed by atoms with Crippen LogP contribution in [0, 0.1) is 0 Å². The molecule has 0 unspecified atom stereocenters. The third-order valence-electron chi connectivity index (χ3n) is 1.64. The monoisotopic (exact) mass is 180 g/mol. The second-order valence-electron chi connectivity index (χ2n) is 2.39. The molecule has 0 saturated heterocycles. The number of aromatic nitrogens is 2. The van der Waals surface area contributed by atoms with Gasteiger partial charge < -0.3 is 0 Å². The van der Waals surface area contributed by atoms with Gasteiger partial charge in [-0.1, -0.05) is 11.6 Å². The molecule has 0 spiro atoms. The van der Waals surface area contributed by atoms with Crippen molar-refractivity contribution in [3.63, 3.8) is 0 Å². The minimum absolute atomic E-state index is 0.576. The second-order valence-corrected chi connectivity index (χ2v) is 2.83. The van der Waals surface area contributed by atoms with E-state index in [0.717, 1.165) is 11.8 Å². The third-order valence-corrected chi connectivity index (χ3v) is 1.86. The average molecular weight is 181 g/mol. The number of rotatable bonds is 1. The van der Waals surface area contributed by atoms with E-state index in [1.54, 1.807) is 22.8 Å². The van der Waals surface area contributed by atoms with Crippen LogP contribution in [0.25, 0.3) is 5.52 Å². The summed E-state index contributed by atoms with van der Waals surface area (Å²) in [6, 6.07) is 3.49. The molecular formula is C8H5ClN2O. The van der Waals surface area contributed by atoms with Gasteiger partial charge in [0.1, 0.15) is 0 Å². The maximum Gasteiger partial charge on any atom is 0.153 e. The topological polar surface area (TPSA) is 34.4 Å². The first kappa shape index (κ1) is 7.31. The van der Waals surface area contributed by atoms with Crippen LogP contribution in [0.15, 0.2) is 24.5 Å². The van der Waals surface area contributed by atoms with Crippen molar-refractivity contribution in [1.29, 1.82) is 0 Å². The Balaban J connectivity index is 2.81. The van der Waals surface area contributed by atoms with E-state index in [9.17, 15) is 4.79 Å². The molecule has 2 aromatic rings. The number of carbonyl (C=O) groups is 1. The number of nitrogens with zero attached hydrogens (tertiary/aromatic N) is 2. The van der Waals surface area contributed by atoms with Gasteiger partial charge in [-0.25, -0.2) is 4.52 Å². The van der Waals surface area contributed by atoms with E-state index in [1.807, 2.05) is 0 Å². The Bertz CT molecular complexity index is 436. The van der Waals surface area contributed by atoms with Crippen LogP contribution in [-0.4, -0.2) is 15.9 Å². The lowest BCUT2D eigenvalue weighted by Crippen LogP contribution is -1.85. The quantitative estimate of drug-likeness (QED) is 0.628. The summed E-state index contributed by atoms with van der Waals surface area (Å²) in [6.45, 7) is 0.